The Hall–Kier alpha value is -8.27. The van der Waals surface area contributed by atoms with Gasteiger partial charge in [-0.1, -0.05) is 194 Å². The van der Waals surface area contributed by atoms with Crippen LogP contribution >= 0.6 is 0 Å². The van der Waals surface area contributed by atoms with E-state index in [-0.39, 0.29) is 0 Å². The summed E-state index contributed by atoms with van der Waals surface area (Å²) < 4.78 is 4.90. The van der Waals surface area contributed by atoms with E-state index in [2.05, 4.69) is 246 Å². The van der Waals surface area contributed by atoms with Crippen molar-refractivity contribution in [2.24, 2.45) is 0 Å². The van der Waals surface area contributed by atoms with Gasteiger partial charge in [-0.15, -0.1) is 0 Å². The van der Waals surface area contributed by atoms with Crippen molar-refractivity contribution < 1.29 is 0 Å². The van der Waals surface area contributed by atoms with E-state index >= 15 is 0 Å². The van der Waals surface area contributed by atoms with Gasteiger partial charge in [-0.25, -0.2) is 4.98 Å². The Kier molecular flexibility index (Phi) is 8.50. The number of benzene rings is 9. The largest absolute Gasteiger partial charge is 0.307 e. The molecule has 62 heavy (non-hydrogen) atoms. The van der Waals surface area contributed by atoms with Gasteiger partial charge in [0.15, 0.2) is 0 Å². The molecular formula is C59H39N3. The first-order chi connectivity index (χ1) is 30.7. The topological polar surface area (TPSA) is 22.8 Å². The van der Waals surface area contributed by atoms with Crippen molar-refractivity contribution in [1.82, 2.24) is 14.1 Å². The van der Waals surface area contributed by atoms with Crippen molar-refractivity contribution in [1.29, 1.82) is 0 Å². The van der Waals surface area contributed by atoms with Crippen LogP contribution in [0, 0.1) is 0 Å². The summed E-state index contributed by atoms with van der Waals surface area (Å²) in [6, 6.07) is 85.3. The van der Waals surface area contributed by atoms with Gasteiger partial charge in [-0.05, 0) is 87.0 Å². The van der Waals surface area contributed by atoms with E-state index in [1.165, 1.54) is 54.9 Å². The Bertz CT molecular complexity index is 3530. The second-order valence-corrected chi connectivity index (χ2v) is 16.0. The second-order valence-electron chi connectivity index (χ2n) is 16.0. The molecule has 0 atom stereocenters. The maximum atomic E-state index is 5.56. The summed E-state index contributed by atoms with van der Waals surface area (Å²) in [5.74, 6) is 0.868. The minimum Gasteiger partial charge on any atom is -0.307 e. The first-order valence-corrected chi connectivity index (χ1v) is 21.2. The number of para-hydroxylation sites is 2. The Labute approximate surface area is 360 Å². The van der Waals surface area contributed by atoms with Crippen molar-refractivity contribution in [2.45, 2.75) is 0 Å². The molecule has 3 heteroatoms. The molecule has 0 aliphatic carbocycles. The van der Waals surface area contributed by atoms with Gasteiger partial charge in [0.2, 0.25) is 0 Å². The highest BCUT2D eigenvalue weighted by atomic mass is 15.1. The Balaban J connectivity index is 1.18. The maximum Gasteiger partial charge on any atom is 0.138 e. The molecule has 290 valence electrons. The van der Waals surface area contributed by atoms with Gasteiger partial charge in [0, 0.05) is 32.8 Å². The summed E-state index contributed by atoms with van der Waals surface area (Å²) in [6.45, 7) is 0. The quantitative estimate of drug-likeness (QED) is 0.158. The van der Waals surface area contributed by atoms with Crippen molar-refractivity contribution in [2.75, 3.05) is 0 Å². The zero-order valence-electron chi connectivity index (χ0n) is 33.9. The molecule has 0 bridgehead atoms. The monoisotopic (exact) mass is 789 g/mol. The molecule has 0 amide bonds. The van der Waals surface area contributed by atoms with E-state index in [0.717, 1.165) is 56.0 Å². The van der Waals surface area contributed by atoms with Crippen molar-refractivity contribution in [3.63, 3.8) is 0 Å². The van der Waals surface area contributed by atoms with Gasteiger partial charge >= 0.3 is 0 Å². The van der Waals surface area contributed by atoms with E-state index in [1.807, 2.05) is 0 Å². The predicted molar refractivity (Wildman–Crippen MR) is 260 cm³/mol. The SMILES string of the molecule is c1ccc(-c2ccc(-c3cc(-c4ccccc4)nc(-n4c5ccccc5c5ccc6c7ccccc7n(-c7cc(-c8ccccc8)cc(-c8ccccc8)c7)c6c54)c3)cc2)cc1. The van der Waals surface area contributed by atoms with Gasteiger partial charge in [-0.2, -0.15) is 0 Å². The number of aromatic nitrogens is 3. The number of rotatable bonds is 7. The van der Waals surface area contributed by atoms with Gasteiger partial charge < -0.3 is 4.57 Å². The molecule has 3 aromatic heterocycles. The lowest BCUT2D eigenvalue weighted by Crippen LogP contribution is -2.02. The summed E-state index contributed by atoms with van der Waals surface area (Å²) in [4.78, 5) is 5.56. The van der Waals surface area contributed by atoms with Crippen LogP contribution in [0.5, 0.6) is 0 Å². The highest BCUT2D eigenvalue weighted by molar-refractivity contribution is 6.23. The van der Waals surface area contributed by atoms with E-state index in [9.17, 15) is 0 Å². The molecule has 3 heterocycles. The summed E-state index contributed by atoms with van der Waals surface area (Å²) in [7, 11) is 0. The van der Waals surface area contributed by atoms with Crippen LogP contribution < -0.4 is 0 Å². The van der Waals surface area contributed by atoms with Crippen molar-refractivity contribution >= 4 is 43.6 Å². The minimum absolute atomic E-state index is 0.868. The molecule has 12 aromatic rings. The van der Waals surface area contributed by atoms with Crippen LogP contribution in [-0.2, 0) is 0 Å². The Morgan fingerprint density at radius 1 is 0.258 bits per heavy atom. The fraction of sp³-hybridized carbons (Fsp3) is 0. The second kappa shape index (κ2) is 14.8. The number of hydrogen-bond acceptors (Lipinski definition) is 1. The molecule has 0 radical (unpaired) electrons. The van der Waals surface area contributed by atoms with E-state index in [4.69, 9.17) is 4.98 Å². The summed E-state index contributed by atoms with van der Waals surface area (Å²) in [5, 5.41) is 4.77. The molecule has 0 unspecified atom stereocenters. The van der Waals surface area contributed by atoms with E-state index < -0.39 is 0 Å². The van der Waals surface area contributed by atoms with Crippen LogP contribution in [0.1, 0.15) is 0 Å². The fourth-order valence-corrected chi connectivity index (χ4v) is 9.38. The summed E-state index contributed by atoms with van der Waals surface area (Å²) in [6.07, 6.45) is 0. The van der Waals surface area contributed by atoms with Crippen molar-refractivity contribution in [3.8, 4) is 67.3 Å². The predicted octanol–water partition coefficient (Wildman–Crippen LogP) is 15.6. The number of hydrogen-bond donors (Lipinski definition) is 0. The molecule has 0 saturated carbocycles. The zero-order chi connectivity index (χ0) is 41.0. The van der Waals surface area contributed by atoms with Crippen LogP contribution in [0.2, 0.25) is 0 Å². The number of fused-ring (bicyclic) bond motifs is 7. The van der Waals surface area contributed by atoms with Crippen LogP contribution in [-0.4, -0.2) is 14.1 Å². The first-order valence-electron chi connectivity index (χ1n) is 21.2. The Morgan fingerprint density at radius 2 is 0.645 bits per heavy atom. The lowest BCUT2D eigenvalue weighted by molar-refractivity contribution is 1.08. The molecule has 0 aliphatic heterocycles. The molecule has 0 aliphatic rings. The van der Waals surface area contributed by atoms with Gasteiger partial charge in [0.25, 0.3) is 0 Å². The molecule has 9 aromatic carbocycles. The maximum absolute atomic E-state index is 5.56. The highest BCUT2D eigenvalue weighted by Gasteiger charge is 2.23. The Morgan fingerprint density at radius 3 is 1.18 bits per heavy atom. The standard InChI is InChI=1S/C59H39N3/c1-5-17-40(18-6-1)43-29-31-44(32-30-43)48-38-54(45-23-11-4-12-24-45)60-57(39-48)62-56-28-16-14-26-51(56)53-34-33-52-50-25-13-15-27-55(50)61(58(52)59(53)62)49-36-46(41-19-7-2-8-20-41)35-47(37-49)42-21-9-3-10-22-42/h1-39H. The molecule has 0 saturated heterocycles. The van der Waals surface area contributed by atoms with E-state index in [1.54, 1.807) is 0 Å². The smallest absolute Gasteiger partial charge is 0.138 e. The molecule has 3 nitrogen and oxygen atoms in total. The minimum atomic E-state index is 0.868. The molecule has 12 rings (SSSR count). The third-order valence-corrected chi connectivity index (χ3v) is 12.3. The third kappa shape index (κ3) is 6.02. The third-order valence-electron chi connectivity index (χ3n) is 12.3. The van der Waals surface area contributed by atoms with E-state index in [0.29, 0.717) is 0 Å². The van der Waals surface area contributed by atoms with Crippen LogP contribution in [0.25, 0.3) is 111 Å². The molecule has 0 N–H and O–H groups in total. The van der Waals surface area contributed by atoms with Gasteiger partial charge in [-0.3, -0.25) is 4.57 Å². The summed E-state index contributed by atoms with van der Waals surface area (Å²) >= 11 is 0. The van der Waals surface area contributed by atoms with Gasteiger partial charge in [0.1, 0.15) is 5.82 Å². The average molecular weight is 790 g/mol. The zero-order valence-corrected chi connectivity index (χ0v) is 33.9. The van der Waals surface area contributed by atoms with Crippen molar-refractivity contribution in [3.05, 3.63) is 237 Å². The fourth-order valence-electron chi connectivity index (χ4n) is 9.38. The van der Waals surface area contributed by atoms with Gasteiger partial charge in [0.05, 0.1) is 27.8 Å². The lowest BCUT2D eigenvalue weighted by Gasteiger charge is -2.16. The highest BCUT2D eigenvalue weighted by Crippen LogP contribution is 2.43. The van der Waals surface area contributed by atoms with Crippen LogP contribution in [0.3, 0.4) is 0 Å². The number of pyridine rings is 1. The average Bonchev–Trinajstić information content (AvgIpc) is 3.88. The first kappa shape index (κ1) is 35.7. The van der Waals surface area contributed by atoms with Crippen LogP contribution in [0.4, 0.5) is 0 Å². The molecule has 0 fully saturated rings. The van der Waals surface area contributed by atoms with Crippen LogP contribution in [0.15, 0.2) is 237 Å². The molecule has 0 spiro atoms. The summed E-state index contributed by atoms with van der Waals surface area (Å²) in [5.41, 5.74) is 17.0. The molecular weight excluding hydrogens is 751 g/mol. The normalized spacial score (nSPS) is 11.5. The number of nitrogens with zero attached hydrogens (tertiary/aromatic N) is 3. The lowest BCUT2D eigenvalue weighted by atomic mass is 9.98.